The van der Waals surface area contributed by atoms with Crippen LogP contribution in [0.15, 0.2) is 47.7 Å². The summed E-state index contributed by atoms with van der Waals surface area (Å²) in [6.45, 7) is 4.08. The number of hydrogen-bond donors (Lipinski definition) is 1. The minimum atomic E-state index is 0.00980. The summed E-state index contributed by atoms with van der Waals surface area (Å²) in [5.41, 5.74) is 1.80. The summed E-state index contributed by atoms with van der Waals surface area (Å²) in [5.74, 6) is 1.66. The molecule has 1 aromatic carbocycles. The van der Waals surface area contributed by atoms with Crippen LogP contribution >= 0.6 is 0 Å². The fourth-order valence-electron chi connectivity index (χ4n) is 3.11. The Morgan fingerprint density at radius 3 is 2.32 bits per heavy atom. The molecule has 2 heterocycles. The van der Waals surface area contributed by atoms with Crippen molar-refractivity contribution in [3.8, 4) is 0 Å². The van der Waals surface area contributed by atoms with Gasteiger partial charge in [0.15, 0.2) is 5.96 Å². The third kappa shape index (κ3) is 4.76. The molecule has 0 aliphatic carbocycles. The van der Waals surface area contributed by atoms with Gasteiger partial charge in [-0.1, -0.05) is 12.1 Å². The highest BCUT2D eigenvalue weighted by atomic mass is 16.2. The second-order valence-corrected chi connectivity index (χ2v) is 6.82. The number of aromatic nitrogens is 2. The number of amides is 1. The molecule has 8 nitrogen and oxygen atoms in total. The van der Waals surface area contributed by atoms with Crippen LogP contribution in [0.4, 0.5) is 5.95 Å². The maximum atomic E-state index is 12.0. The lowest BCUT2D eigenvalue weighted by atomic mass is 10.1. The number of nitrogens with one attached hydrogen (secondary N) is 1. The molecule has 3 rings (SSSR count). The molecule has 1 aliphatic rings. The van der Waals surface area contributed by atoms with Crippen LogP contribution in [0.25, 0.3) is 0 Å². The summed E-state index contributed by atoms with van der Waals surface area (Å²) in [6.07, 6.45) is 3.54. The third-order valence-electron chi connectivity index (χ3n) is 4.68. The number of aliphatic imine (C=N–C) groups is 1. The molecule has 0 atom stereocenters. The predicted octanol–water partition coefficient (Wildman–Crippen LogP) is 1.08. The van der Waals surface area contributed by atoms with E-state index in [2.05, 4.69) is 30.1 Å². The van der Waals surface area contributed by atoms with Gasteiger partial charge in [0.05, 0.1) is 0 Å². The number of rotatable bonds is 4. The van der Waals surface area contributed by atoms with Crippen molar-refractivity contribution in [2.75, 3.05) is 52.2 Å². The zero-order valence-electron chi connectivity index (χ0n) is 16.7. The highest BCUT2D eigenvalue weighted by Crippen LogP contribution is 2.10. The molecule has 0 radical (unpaired) electrons. The van der Waals surface area contributed by atoms with Gasteiger partial charge >= 0.3 is 0 Å². The van der Waals surface area contributed by atoms with E-state index in [1.54, 1.807) is 38.4 Å². The molecular weight excluding hydrogens is 354 g/mol. The Morgan fingerprint density at radius 2 is 1.75 bits per heavy atom. The highest BCUT2D eigenvalue weighted by Gasteiger charge is 2.21. The zero-order valence-corrected chi connectivity index (χ0v) is 16.7. The number of anilines is 1. The van der Waals surface area contributed by atoms with Crippen LogP contribution in [0.2, 0.25) is 0 Å². The molecule has 0 saturated carbocycles. The standard InChI is InChI=1S/C20H27N7O/c1-21-19(24-15-16-5-7-17(8-6-16)18(28)25(2)3)26-11-13-27(14-12-26)20-22-9-4-10-23-20/h4-10H,11-15H2,1-3H3,(H,21,24). The maximum absolute atomic E-state index is 12.0. The molecule has 1 saturated heterocycles. The number of guanidine groups is 1. The highest BCUT2D eigenvalue weighted by molar-refractivity contribution is 5.93. The van der Waals surface area contributed by atoms with Gasteiger partial charge in [-0.25, -0.2) is 9.97 Å². The Kier molecular flexibility index (Phi) is 6.41. The van der Waals surface area contributed by atoms with E-state index >= 15 is 0 Å². The van der Waals surface area contributed by atoms with Crippen molar-refractivity contribution in [2.45, 2.75) is 6.54 Å². The van der Waals surface area contributed by atoms with Gasteiger partial charge in [-0.3, -0.25) is 9.79 Å². The lowest BCUT2D eigenvalue weighted by molar-refractivity contribution is 0.0827. The first kappa shape index (κ1) is 19.6. The normalized spacial score (nSPS) is 14.8. The van der Waals surface area contributed by atoms with Gasteiger partial charge < -0.3 is 20.0 Å². The molecule has 0 bridgehead atoms. The van der Waals surface area contributed by atoms with Gasteiger partial charge in [-0.05, 0) is 23.8 Å². The van der Waals surface area contributed by atoms with Gasteiger partial charge in [-0.15, -0.1) is 0 Å². The second kappa shape index (κ2) is 9.16. The first-order valence-corrected chi connectivity index (χ1v) is 9.36. The predicted molar refractivity (Wildman–Crippen MR) is 110 cm³/mol. The van der Waals surface area contributed by atoms with Crippen LogP contribution in [0.1, 0.15) is 15.9 Å². The molecule has 1 fully saturated rings. The molecule has 148 valence electrons. The van der Waals surface area contributed by atoms with Crippen LogP contribution in [0.5, 0.6) is 0 Å². The summed E-state index contributed by atoms with van der Waals surface area (Å²) in [5, 5.41) is 3.41. The van der Waals surface area contributed by atoms with Crippen molar-refractivity contribution in [3.63, 3.8) is 0 Å². The fraction of sp³-hybridized carbons (Fsp3) is 0.400. The van der Waals surface area contributed by atoms with Crippen molar-refractivity contribution in [1.82, 2.24) is 25.1 Å². The summed E-state index contributed by atoms with van der Waals surface area (Å²) in [6, 6.07) is 9.50. The van der Waals surface area contributed by atoms with Crippen LogP contribution in [0, 0.1) is 0 Å². The van der Waals surface area contributed by atoms with Gasteiger partial charge in [0, 0.05) is 71.8 Å². The summed E-state index contributed by atoms with van der Waals surface area (Å²) in [7, 11) is 5.31. The van der Waals surface area contributed by atoms with E-state index in [0.717, 1.165) is 43.7 Å². The molecule has 0 spiro atoms. The van der Waals surface area contributed by atoms with Crippen LogP contribution < -0.4 is 10.2 Å². The molecule has 28 heavy (non-hydrogen) atoms. The molecule has 8 heteroatoms. The number of carbonyl (C=O) groups is 1. The average Bonchev–Trinajstić information content (AvgIpc) is 2.75. The molecule has 1 aliphatic heterocycles. The Labute approximate surface area is 165 Å². The molecule has 0 unspecified atom stereocenters. The van der Waals surface area contributed by atoms with Gasteiger partial charge in [0.25, 0.3) is 5.91 Å². The van der Waals surface area contributed by atoms with Crippen LogP contribution in [-0.4, -0.2) is 79.0 Å². The first-order valence-electron chi connectivity index (χ1n) is 9.36. The fourth-order valence-corrected chi connectivity index (χ4v) is 3.11. The van der Waals surface area contributed by atoms with E-state index in [1.165, 1.54) is 0 Å². The minimum Gasteiger partial charge on any atom is -0.352 e. The van der Waals surface area contributed by atoms with E-state index in [-0.39, 0.29) is 5.91 Å². The van der Waals surface area contributed by atoms with Gasteiger partial charge in [-0.2, -0.15) is 0 Å². The first-order chi connectivity index (χ1) is 13.6. The van der Waals surface area contributed by atoms with Crippen LogP contribution in [0.3, 0.4) is 0 Å². The number of benzene rings is 1. The number of hydrogen-bond acceptors (Lipinski definition) is 5. The van der Waals surface area contributed by atoms with Crippen molar-refractivity contribution in [2.24, 2.45) is 4.99 Å². The molecular formula is C20H27N7O. The number of piperazine rings is 1. The van der Waals surface area contributed by atoms with E-state index in [4.69, 9.17) is 0 Å². The van der Waals surface area contributed by atoms with Crippen molar-refractivity contribution < 1.29 is 4.79 Å². The third-order valence-corrected chi connectivity index (χ3v) is 4.68. The van der Waals surface area contributed by atoms with Crippen LogP contribution in [-0.2, 0) is 6.54 Å². The van der Waals surface area contributed by atoms with Crippen molar-refractivity contribution in [1.29, 1.82) is 0 Å². The SMILES string of the molecule is CN=C(NCc1ccc(C(=O)N(C)C)cc1)N1CCN(c2ncccn2)CC1. The van der Waals surface area contributed by atoms with E-state index in [0.29, 0.717) is 12.1 Å². The van der Waals surface area contributed by atoms with Crippen molar-refractivity contribution >= 4 is 17.8 Å². The Bertz CT molecular complexity index is 797. The zero-order chi connectivity index (χ0) is 19.9. The van der Waals surface area contributed by atoms with E-state index in [9.17, 15) is 4.79 Å². The number of carbonyl (C=O) groups excluding carboxylic acids is 1. The summed E-state index contributed by atoms with van der Waals surface area (Å²) >= 11 is 0. The van der Waals surface area contributed by atoms with Crippen molar-refractivity contribution in [3.05, 3.63) is 53.9 Å². The van der Waals surface area contributed by atoms with Gasteiger partial charge in [0.1, 0.15) is 0 Å². The van der Waals surface area contributed by atoms with E-state index < -0.39 is 0 Å². The smallest absolute Gasteiger partial charge is 0.253 e. The topological polar surface area (TPSA) is 77.0 Å². The molecule has 1 N–H and O–H groups in total. The molecule has 1 aromatic heterocycles. The Balaban J connectivity index is 1.52. The number of nitrogens with zero attached hydrogens (tertiary/aromatic N) is 6. The van der Waals surface area contributed by atoms with E-state index in [1.807, 2.05) is 30.3 Å². The molecule has 2 aromatic rings. The lowest BCUT2D eigenvalue weighted by Gasteiger charge is -2.36. The summed E-state index contributed by atoms with van der Waals surface area (Å²) in [4.78, 5) is 31.0. The monoisotopic (exact) mass is 381 g/mol. The Hall–Kier alpha value is -3.16. The molecule has 1 amide bonds. The average molecular weight is 381 g/mol. The van der Waals surface area contributed by atoms with Gasteiger partial charge in [0.2, 0.25) is 5.95 Å². The maximum Gasteiger partial charge on any atom is 0.253 e. The Morgan fingerprint density at radius 1 is 1.11 bits per heavy atom. The minimum absolute atomic E-state index is 0.00980. The quantitative estimate of drug-likeness (QED) is 0.631. The summed E-state index contributed by atoms with van der Waals surface area (Å²) < 4.78 is 0. The second-order valence-electron chi connectivity index (χ2n) is 6.82. The largest absolute Gasteiger partial charge is 0.352 e. The lowest BCUT2D eigenvalue weighted by Crippen LogP contribution is -2.52.